The molecule has 3 nitrogen and oxygen atoms in total. The van der Waals surface area contributed by atoms with Gasteiger partial charge in [-0.05, 0) is 55.2 Å². The van der Waals surface area contributed by atoms with Gasteiger partial charge in [0.25, 0.3) is 0 Å². The highest BCUT2D eigenvalue weighted by Crippen LogP contribution is 2.37. The molecule has 0 aromatic heterocycles. The highest BCUT2D eigenvalue weighted by atomic mass is 19.4. The summed E-state index contributed by atoms with van der Waals surface area (Å²) in [6, 6.07) is 6.70. The molecule has 220 valence electrons. The fourth-order valence-electron chi connectivity index (χ4n) is 4.37. The van der Waals surface area contributed by atoms with Crippen molar-refractivity contribution in [2.45, 2.75) is 32.2 Å². The van der Waals surface area contributed by atoms with Gasteiger partial charge in [0.2, 0.25) is 5.83 Å². The molecule has 0 saturated carbocycles. The minimum absolute atomic E-state index is 0.0277. The molecule has 41 heavy (non-hydrogen) atoms. The van der Waals surface area contributed by atoms with Crippen molar-refractivity contribution in [2.75, 3.05) is 19.8 Å². The molecular formula is C29H23F9O3. The molecule has 0 aliphatic carbocycles. The van der Waals surface area contributed by atoms with E-state index in [2.05, 4.69) is 4.74 Å². The minimum atomic E-state index is -5.19. The first kappa shape index (κ1) is 30.4. The lowest BCUT2D eigenvalue weighted by atomic mass is 9.96. The van der Waals surface area contributed by atoms with Crippen LogP contribution in [0, 0.1) is 29.2 Å². The Hall–Kier alpha value is -3.51. The third-order valence-corrected chi connectivity index (χ3v) is 6.44. The van der Waals surface area contributed by atoms with Crippen LogP contribution in [0.15, 0.2) is 54.5 Å². The zero-order valence-corrected chi connectivity index (χ0v) is 21.4. The van der Waals surface area contributed by atoms with Gasteiger partial charge in [0, 0.05) is 22.6 Å². The topological polar surface area (TPSA) is 27.7 Å². The number of alkyl halides is 3. The third-order valence-electron chi connectivity index (χ3n) is 6.44. The molecule has 1 saturated heterocycles. The molecule has 4 rings (SSSR count). The zero-order valence-electron chi connectivity index (χ0n) is 21.4. The van der Waals surface area contributed by atoms with Gasteiger partial charge in [-0.2, -0.15) is 22.0 Å². The molecule has 0 amide bonds. The van der Waals surface area contributed by atoms with Crippen LogP contribution in [0.5, 0.6) is 0 Å². The monoisotopic (exact) mass is 590 g/mol. The van der Waals surface area contributed by atoms with E-state index in [1.807, 2.05) is 0 Å². The van der Waals surface area contributed by atoms with Crippen LogP contribution >= 0.6 is 0 Å². The second kappa shape index (κ2) is 12.6. The molecule has 1 fully saturated rings. The van der Waals surface area contributed by atoms with E-state index in [1.54, 1.807) is 0 Å². The van der Waals surface area contributed by atoms with Crippen molar-refractivity contribution in [3.05, 3.63) is 100 Å². The Kier molecular flexibility index (Phi) is 9.33. The molecule has 1 aliphatic heterocycles. The molecule has 0 N–H and O–H groups in total. The van der Waals surface area contributed by atoms with Crippen LogP contribution in [0.4, 0.5) is 39.5 Å². The normalized spacial score (nSPS) is 18.3. The Balaban J connectivity index is 1.36. The molecule has 3 aromatic carbocycles. The van der Waals surface area contributed by atoms with Crippen LogP contribution in [0.2, 0.25) is 0 Å². The Labute approximate surface area is 229 Å². The van der Waals surface area contributed by atoms with Crippen molar-refractivity contribution in [1.82, 2.24) is 0 Å². The van der Waals surface area contributed by atoms with E-state index in [9.17, 15) is 39.5 Å². The summed E-state index contributed by atoms with van der Waals surface area (Å²) in [6.45, 7) is 1.43. The summed E-state index contributed by atoms with van der Waals surface area (Å²) in [6.07, 6.45) is -5.86. The Bertz CT molecular complexity index is 1400. The fourth-order valence-corrected chi connectivity index (χ4v) is 4.37. The van der Waals surface area contributed by atoms with E-state index in [1.165, 1.54) is 25.1 Å². The summed E-state index contributed by atoms with van der Waals surface area (Å²) in [7, 11) is 0. The minimum Gasteiger partial charge on any atom is -0.469 e. The first-order valence-electron chi connectivity index (χ1n) is 12.4. The second-order valence-electron chi connectivity index (χ2n) is 9.28. The van der Waals surface area contributed by atoms with Crippen LogP contribution in [-0.2, 0) is 26.8 Å². The van der Waals surface area contributed by atoms with Crippen molar-refractivity contribution in [2.24, 2.45) is 5.92 Å². The molecule has 1 heterocycles. The first-order valence-corrected chi connectivity index (χ1v) is 12.4. The Morgan fingerprint density at radius 1 is 0.854 bits per heavy atom. The molecule has 12 heteroatoms. The van der Waals surface area contributed by atoms with E-state index in [0.29, 0.717) is 24.1 Å². The predicted molar refractivity (Wildman–Crippen MR) is 130 cm³/mol. The van der Waals surface area contributed by atoms with Crippen molar-refractivity contribution in [3.8, 4) is 11.1 Å². The summed E-state index contributed by atoms with van der Waals surface area (Å²) >= 11 is 0. The summed E-state index contributed by atoms with van der Waals surface area (Å²) in [4.78, 5) is 0. The number of halogens is 9. The van der Waals surface area contributed by atoms with Gasteiger partial charge in [0.1, 0.15) is 28.8 Å². The number of ether oxygens (including phenoxy) is 3. The lowest BCUT2D eigenvalue weighted by Crippen LogP contribution is -2.28. The Morgan fingerprint density at radius 2 is 1.51 bits per heavy atom. The molecule has 0 atom stereocenters. The van der Waals surface area contributed by atoms with Crippen molar-refractivity contribution >= 4 is 5.83 Å². The second-order valence-corrected chi connectivity index (χ2v) is 9.28. The van der Waals surface area contributed by atoms with Crippen LogP contribution in [-0.4, -0.2) is 19.8 Å². The number of benzene rings is 3. The van der Waals surface area contributed by atoms with Crippen LogP contribution in [0.25, 0.3) is 17.0 Å². The average Bonchev–Trinajstić information content (AvgIpc) is 2.91. The van der Waals surface area contributed by atoms with Gasteiger partial charge >= 0.3 is 12.2 Å². The van der Waals surface area contributed by atoms with E-state index >= 15 is 0 Å². The zero-order chi connectivity index (χ0) is 29.9. The maximum atomic E-state index is 14.8. The maximum absolute atomic E-state index is 14.8. The van der Waals surface area contributed by atoms with Gasteiger partial charge in [-0.25, -0.2) is 17.6 Å². The van der Waals surface area contributed by atoms with Crippen molar-refractivity contribution < 1.29 is 53.7 Å². The fraction of sp³-hybridized carbons (Fsp3) is 0.310. The standard InChI is InChI=1S/C29H23F9O3/c1-2-39-27(35)26(34)18-7-8-20(22(31)10-18)17-6-5-16(21(30)9-17)4-3-15-13-40-28(41-14-15)19-11-23(32)25(24(33)12-19)29(36,37)38/h5-12,15,28H,2-4,13-14H2,1H3. The molecule has 0 unspecified atom stereocenters. The quantitative estimate of drug-likeness (QED) is 0.194. The smallest absolute Gasteiger partial charge is 0.422 e. The highest BCUT2D eigenvalue weighted by molar-refractivity contribution is 5.69. The van der Waals surface area contributed by atoms with Gasteiger partial charge in [-0.3, -0.25) is 0 Å². The number of aryl methyl sites for hydroxylation is 1. The maximum Gasteiger partial charge on any atom is 0.422 e. The van der Waals surface area contributed by atoms with Crippen LogP contribution < -0.4 is 0 Å². The van der Waals surface area contributed by atoms with Gasteiger partial charge in [0.15, 0.2) is 6.29 Å². The van der Waals surface area contributed by atoms with Crippen molar-refractivity contribution in [3.63, 3.8) is 0 Å². The largest absolute Gasteiger partial charge is 0.469 e. The van der Waals surface area contributed by atoms with Gasteiger partial charge in [-0.15, -0.1) is 0 Å². The van der Waals surface area contributed by atoms with Gasteiger partial charge in [0.05, 0.1) is 19.8 Å². The predicted octanol–water partition coefficient (Wildman–Crippen LogP) is 8.82. The summed E-state index contributed by atoms with van der Waals surface area (Å²) in [5, 5.41) is 0. The number of hydrogen-bond donors (Lipinski definition) is 0. The van der Waals surface area contributed by atoms with E-state index in [-0.39, 0.29) is 54.4 Å². The van der Waals surface area contributed by atoms with E-state index in [4.69, 9.17) is 9.47 Å². The first-order chi connectivity index (χ1) is 19.4. The summed E-state index contributed by atoms with van der Waals surface area (Å²) in [5.41, 5.74) is -2.17. The Morgan fingerprint density at radius 3 is 2.07 bits per heavy atom. The lowest BCUT2D eigenvalue weighted by molar-refractivity contribution is -0.206. The average molecular weight is 590 g/mol. The van der Waals surface area contributed by atoms with Gasteiger partial charge < -0.3 is 14.2 Å². The summed E-state index contributed by atoms with van der Waals surface area (Å²) in [5.74, 6) is -6.70. The molecule has 0 bridgehead atoms. The third kappa shape index (κ3) is 7.05. The van der Waals surface area contributed by atoms with Crippen molar-refractivity contribution in [1.29, 1.82) is 0 Å². The molecule has 3 aromatic rings. The SMILES string of the molecule is CCOC(F)=C(F)c1ccc(-c2ccc(CCC3COC(c4cc(F)c(C(F)(F)F)c(F)c4)OC3)c(F)c2)c(F)c1. The van der Waals surface area contributed by atoms with E-state index < -0.39 is 53.1 Å². The van der Waals surface area contributed by atoms with Crippen LogP contribution in [0.3, 0.4) is 0 Å². The van der Waals surface area contributed by atoms with Crippen LogP contribution in [0.1, 0.15) is 41.9 Å². The lowest BCUT2D eigenvalue weighted by Gasteiger charge is -2.30. The summed E-state index contributed by atoms with van der Waals surface area (Å²) < 4.78 is 139. The molecule has 0 radical (unpaired) electrons. The number of rotatable bonds is 8. The highest BCUT2D eigenvalue weighted by Gasteiger charge is 2.38. The molecule has 0 spiro atoms. The molecule has 1 aliphatic rings. The number of hydrogen-bond acceptors (Lipinski definition) is 3. The molecular weight excluding hydrogens is 567 g/mol. The van der Waals surface area contributed by atoms with Gasteiger partial charge in [-0.1, -0.05) is 24.3 Å². The van der Waals surface area contributed by atoms with E-state index in [0.717, 1.165) is 18.2 Å².